The maximum absolute atomic E-state index is 11.3. The molecule has 0 bridgehead atoms. The van der Waals surface area contributed by atoms with E-state index in [1.807, 2.05) is 13.0 Å². The summed E-state index contributed by atoms with van der Waals surface area (Å²) >= 11 is 0. The van der Waals surface area contributed by atoms with Crippen LogP contribution >= 0.6 is 0 Å². The topological polar surface area (TPSA) is 41.6 Å². The van der Waals surface area contributed by atoms with Gasteiger partial charge in [-0.3, -0.25) is 4.90 Å². The predicted octanol–water partition coefficient (Wildman–Crippen LogP) is 2.01. The minimum atomic E-state index is -0.302. The van der Waals surface area contributed by atoms with Crippen molar-refractivity contribution in [1.29, 1.82) is 0 Å². The average molecular weight is 248 g/mol. The number of nitrogens with one attached hydrogen (secondary N) is 1. The molecule has 4 nitrogen and oxygen atoms in total. The monoisotopic (exact) mass is 248 g/mol. The fourth-order valence-electron chi connectivity index (χ4n) is 2.28. The summed E-state index contributed by atoms with van der Waals surface area (Å²) in [4.78, 5) is 13.7. The van der Waals surface area contributed by atoms with Gasteiger partial charge in [-0.1, -0.05) is 30.3 Å². The van der Waals surface area contributed by atoms with Gasteiger partial charge in [0.1, 0.15) is 0 Å². The van der Waals surface area contributed by atoms with Gasteiger partial charge in [-0.2, -0.15) is 0 Å². The molecule has 0 aromatic heterocycles. The van der Waals surface area contributed by atoms with Crippen molar-refractivity contribution >= 4 is 6.09 Å². The highest BCUT2D eigenvalue weighted by atomic mass is 16.5. The van der Waals surface area contributed by atoms with E-state index in [9.17, 15) is 4.79 Å². The second-order valence-corrected chi connectivity index (χ2v) is 4.57. The van der Waals surface area contributed by atoms with Crippen LogP contribution in [0.3, 0.4) is 0 Å². The van der Waals surface area contributed by atoms with Crippen LogP contribution in [0.15, 0.2) is 30.3 Å². The Morgan fingerprint density at radius 1 is 1.44 bits per heavy atom. The number of carbonyl (C=O) groups excluding carboxylic acids is 1. The molecule has 0 aliphatic carbocycles. The molecule has 1 aliphatic rings. The molecule has 2 rings (SSSR count). The van der Waals surface area contributed by atoms with Crippen molar-refractivity contribution in [3.8, 4) is 0 Å². The van der Waals surface area contributed by atoms with Crippen LogP contribution in [0.4, 0.5) is 4.79 Å². The fourth-order valence-corrected chi connectivity index (χ4v) is 2.28. The zero-order valence-electron chi connectivity index (χ0n) is 10.8. The lowest BCUT2D eigenvalue weighted by molar-refractivity contribution is 0.148. The summed E-state index contributed by atoms with van der Waals surface area (Å²) < 4.78 is 4.89. The smallest absolute Gasteiger partial charge is 0.407 e. The van der Waals surface area contributed by atoms with E-state index in [0.29, 0.717) is 6.61 Å². The molecule has 1 amide bonds. The van der Waals surface area contributed by atoms with Gasteiger partial charge < -0.3 is 10.1 Å². The van der Waals surface area contributed by atoms with Gasteiger partial charge in [0.2, 0.25) is 0 Å². The van der Waals surface area contributed by atoms with Crippen LogP contribution in [0.2, 0.25) is 0 Å². The lowest BCUT2D eigenvalue weighted by atomic mass is 10.2. The molecule has 18 heavy (non-hydrogen) atoms. The molecule has 1 unspecified atom stereocenters. The molecule has 0 radical (unpaired) electrons. The summed E-state index contributed by atoms with van der Waals surface area (Å²) in [5, 5.41) is 2.89. The molecule has 1 N–H and O–H groups in total. The molecular formula is C14H20N2O2. The van der Waals surface area contributed by atoms with Crippen LogP contribution in [0.25, 0.3) is 0 Å². The lowest BCUT2D eigenvalue weighted by Gasteiger charge is -2.16. The van der Waals surface area contributed by atoms with Gasteiger partial charge in [0.05, 0.1) is 6.61 Å². The average Bonchev–Trinajstić information content (AvgIpc) is 2.78. The summed E-state index contributed by atoms with van der Waals surface area (Å²) in [5.74, 6) is 0. The molecule has 1 aliphatic heterocycles. The number of hydrogen-bond donors (Lipinski definition) is 1. The Hall–Kier alpha value is -1.55. The van der Waals surface area contributed by atoms with Gasteiger partial charge in [-0.25, -0.2) is 4.79 Å². The second kappa shape index (κ2) is 6.40. The maximum Gasteiger partial charge on any atom is 0.407 e. The minimum absolute atomic E-state index is 0.216. The first-order valence-corrected chi connectivity index (χ1v) is 6.47. The standard InChI is InChI=1S/C14H20N2O2/c1-2-18-14(17)15-13-8-9-16(11-13)10-12-6-4-3-5-7-12/h3-7,13H,2,8-11H2,1H3,(H,15,17). The molecule has 0 spiro atoms. The molecule has 1 aromatic carbocycles. The Kier molecular flexibility index (Phi) is 4.59. The highest BCUT2D eigenvalue weighted by molar-refractivity contribution is 5.67. The minimum Gasteiger partial charge on any atom is -0.450 e. The Balaban J connectivity index is 1.76. The van der Waals surface area contributed by atoms with E-state index in [1.54, 1.807) is 0 Å². The fraction of sp³-hybridized carbons (Fsp3) is 0.500. The van der Waals surface area contributed by atoms with Crippen LogP contribution < -0.4 is 5.32 Å². The molecule has 1 fully saturated rings. The van der Waals surface area contributed by atoms with Gasteiger partial charge in [0.25, 0.3) is 0 Å². The molecule has 4 heteroatoms. The zero-order chi connectivity index (χ0) is 12.8. The number of rotatable bonds is 4. The van der Waals surface area contributed by atoms with Crippen LogP contribution in [-0.2, 0) is 11.3 Å². The van der Waals surface area contributed by atoms with Crippen LogP contribution in [0.5, 0.6) is 0 Å². The van der Waals surface area contributed by atoms with Gasteiger partial charge in [0.15, 0.2) is 0 Å². The third kappa shape index (κ3) is 3.74. The number of benzene rings is 1. The Labute approximate surface area is 108 Å². The summed E-state index contributed by atoms with van der Waals surface area (Å²) in [5.41, 5.74) is 1.31. The zero-order valence-corrected chi connectivity index (χ0v) is 10.8. The predicted molar refractivity (Wildman–Crippen MR) is 70.3 cm³/mol. The molecule has 98 valence electrons. The second-order valence-electron chi connectivity index (χ2n) is 4.57. The Morgan fingerprint density at radius 2 is 2.22 bits per heavy atom. The summed E-state index contributed by atoms with van der Waals surface area (Å²) in [6.45, 7) is 5.10. The third-order valence-electron chi connectivity index (χ3n) is 3.12. The number of nitrogens with zero attached hydrogens (tertiary/aromatic N) is 1. The summed E-state index contributed by atoms with van der Waals surface area (Å²) in [6, 6.07) is 10.6. The summed E-state index contributed by atoms with van der Waals surface area (Å²) in [7, 11) is 0. The maximum atomic E-state index is 11.3. The number of alkyl carbamates (subject to hydrolysis) is 1. The summed E-state index contributed by atoms with van der Waals surface area (Å²) in [6.07, 6.45) is 0.690. The molecule has 0 saturated carbocycles. The highest BCUT2D eigenvalue weighted by Gasteiger charge is 2.23. The molecule has 1 saturated heterocycles. The Bertz CT molecular complexity index is 381. The third-order valence-corrected chi connectivity index (χ3v) is 3.12. The van der Waals surface area contributed by atoms with E-state index in [1.165, 1.54) is 5.56 Å². The first-order valence-electron chi connectivity index (χ1n) is 6.47. The number of carbonyl (C=O) groups is 1. The molecule has 1 atom stereocenters. The first-order chi connectivity index (χ1) is 8.78. The largest absolute Gasteiger partial charge is 0.450 e. The number of likely N-dealkylation sites (tertiary alicyclic amines) is 1. The lowest BCUT2D eigenvalue weighted by Crippen LogP contribution is -2.37. The highest BCUT2D eigenvalue weighted by Crippen LogP contribution is 2.13. The number of amides is 1. The van der Waals surface area contributed by atoms with Gasteiger partial charge in [0, 0.05) is 25.7 Å². The molecule has 1 aromatic rings. The number of ether oxygens (including phenoxy) is 1. The SMILES string of the molecule is CCOC(=O)NC1CCN(Cc2ccccc2)C1. The quantitative estimate of drug-likeness (QED) is 0.886. The van der Waals surface area contributed by atoms with Crippen LogP contribution in [0, 0.1) is 0 Å². The van der Waals surface area contributed by atoms with Crippen molar-refractivity contribution in [2.75, 3.05) is 19.7 Å². The van der Waals surface area contributed by atoms with E-state index in [2.05, 4.69) is 34.5 Å². The molecular weight excluding hydrogens is 228 g/mol. The van der Waals surface area contributed by atoms with E-state index in [-0.39, 0.29) is 12.1 Å². The van der Waals surface area contributed by atoms with Crippen LogP contribution in [0.1, 0.15) is 18.9 Å². The van der Waals surface area contributed by atoms with E-state index in [0.717, 1.165) is 26.1 Å². The van der Waals surface area contributed by atoms with E-state index >= 15 is 0 Å². The van der Waals surface area contributed by atoms with E-state index in [4.69, 9.17) is 4.74 Å². The van der Waals surface area contributed by atoms with Crippen molar-refractivity contribution in [2.24, 2.45) is 0 Å². The van der Waals surface area contributed by atoms with Crippen molar-refractivity contribution in [2.45, 2.75) is 25.9 Å². The van der Waals surface area contributed by atoms with E-state index < -0.39 is 0 Å². The first kappa shape index (κ1) is 12.9. The van der Waals surface area contributed by atoms with Crippen LogP contribution in [-0.4, -0.2) is 36.7 Å². The van der Waals surface area contributed by atoms with Crippen molar-refractivity contribution < 1.29 is 9.53 Å². The van der Waals surface area contributed by atoms with Crippen molar-refractivity contribution in [3.05, 3.63) is 35.9 Å². The number of hydrogen-bond acceptors (Lipinski definition) is 3. The van der Waals surface area contributed by atoms with Gasteiger partial charge in [-0.15, -0.1) is 0 Å². The van der Waals surface area contributed by atoms with Crippen molar-refractivity contribution in [3.63, 3.8) is 0 Å². The Morgan fingerprint density at radius 3 is 2.94 bits per heavy atom. The normalized spacial score (nSPS) is 19.7. The molecule has 1 heterocycles. The van der Waals surface area contributed by atoms with Gasteiger partial charge >= 0.3 is 6.09 Å². The van der Waals surface area contributed by atoms with Gasteiger partial charge in [-0.05, 0) is 18.9 Å². The van der Waals surface area contributed by atoms with Crippen molar-refractivity contribution in [1.82, 2.24) is 10.2 Å².